The number of anilines is 2. The molecule has 0 heterocycles. The second-order valence-electron chi connectivity index (χ2n) is 10.0. The Balaban J connectivity index is 2.36. The minimum absolute atomic E-state index is 0.127. The van der Waals surface area contributed by atoms with E-state index in [1.807, 2.05) is 32.9 Å². The highest BCUT2D eigenvalue weighted by molar-refractivity contribution is 7.92. The van der Waals surface area contributed by atoms with Gasteiger partial charge in [0, 0.05) is 18.4 Å². The third kappa shape index (κ3) is 9.09. The summed E-state index contributed by atoms with van der Waals surface area (Å²) in [5.74, 6) is 0.191. The van der Waals surface area contributed by atoms with Gasteiger partial charge in [-0.25, -0.2) is 13.4 Å². The van der Waals surface area contributed by atoms with E-state index < -0.39 is 27.6 Å². The minimum Gasteiger partial charge on any atom is -0.495 e. The molecule has 1 amide bonds. The Bertz CT molecular complexity index is 1420. The molecule has 0 spiro atoms. The number of para-hydroxylation sites is 1. The molecule has 11 heteroatoms. The summed E-state index contributed by atoms with van der Waals surface area (Å²) in [6, 6.07) is 10.6. The second-order valence-corrected chi connectivity index (χ2v) is 12.5. The van der Waals surface area contributed by atoms with E-state index in [1.54, 1.807) is 44.3 Å². The molecule has 0 radical (unpaired) electrons. The van der Waals surface area contributed by atoms with Crippen LogP contribution >= 0.6 is 0 Å². The maximum Gasteiger partial charge on any atom is 0.245 e. The molecule has 0 saturated heterocycles. The molecule has 0 aliphatic rings. The number of aliphatic imine (C=N–C) groups is 1. The predicted octanol–water partition coefficient (Wildman–Crippen LogP) is 4.47. The topological polar surface area (TPSA) is 155 Å². The molecule has 41 heavy (non-hydrogen) atoms. The number of benzene rings is 2. The quantitative estimate of drug-likeness (QED) is 0.131. The molecule has 0 aliphatic carbocycles. The molecular weight excluding hydrogens is 542 g/mol. The normalized spacial score (nSPS) is 12.2. The number of ether oxygens (including phenoxy) is 1. The number of rotatable bonds is 13. The lowest BCUT2D eigenvalue weighted by molar-refractivity contribution is -0.123. The maximum absolute atomic E-state index is 12.9. The van der Waals surface area contributed by atoms with Crippen LogP contribution in [0.4, 0.5) is 11.4 Å². The van der Waals surface area contributed by atoms with Gasteiger partial charge in [0.15, 0.2) is 15.8 Å². The molecule has 6 N–H and O–H groups in total. The molecule has 0 aliphatic heterocycles. The van der Waals surface area contributed by atoms with Crippen molar-refractivity contribution < 1.29 is 23.1 Å². The summed E-state index contributed by atoms with van der Waals surface area (Å²) in [7, 11) is -1.96. The monoisotopic (exact) mass is 585 g/mol. The molecule has 10 nitrogen and oxygen atoms in total. The summed E-state index contributed by atoms with van der Waals surface area (Å²) in [6.45, 7) is 10.8. The van der Waals surface area contributed by atoms with Crippen LogP contribution in [0.25, 0.3) is 0 Å². The Kier molecular flexibility index (Phi) is 12.4. The summed E-state index contributed by atoms with van der Waals surface area (Å²) in [5.41, 5.74) is 11.6. The smallest absolute Gasteiger partial charge is 0.245 e. The van der Waals surface area contributed by atoms with Crippen molar-refractivity contribution in [3.8, 4) is 5.75 Å². The van der Waals surface area contributed by atoms with E-state index in [-0.39, 0.29) is 17.4 Å². The third-order valence-corrected chi connectivity index (χ3v) is 8.50. The van der Waals surface area contributed by atoms with Gasteiger partial charge >= 0.3 is 0 Å². The van der Waals surface area contributed by atoms with E-state index in [0.29, 0.717) is 17.1 Å². The van der Waals surface area contributed by atoms with Crippen molar-refractivity contribution in [1.82, 2.24) is 5.32 Å². The number of carbonyl (C=O) groups is 1. The predicted molar refractivity (Wildman–Crippen MR) is 166 cm³/mol. The maximum atomic E-state index is 12.9. The molecule has 224 valence electrons. The first-order chi connectivity index (χ1) is 19.3. The van der Waals surface area contributed by atoms with Gasteiger partial charge in [0.1, 0.15) is 12.4 Å². The Hall–Kier alpha value is -3.83. The molecule has 0 bridgehead atoms. The fourth-order valence-electron chi connectivity index (χ4n) is 4.08. The minimum atomic E-state index is -3.50. The summed E-state index contributed by atoms with van der Waals surface area (Å²) in [4.78, 5) is 16.2. The van der Waals surface area contributed by atoms with Crippen LogP contribution in [-0.4, -0.2) is 44.4 Å². The number of allylic oxidation sites excluding steroid dienone is 2. The van der Waals surface area contributed by atoms with Crippen molar-refractivity contribution in [2.75, 3.05) is 24.4 Å². The Morgan fingerprint density at radius 2 is 1.78 bits per heavy atom. The summed E-state index contributed by atoms with van der Waals surface area (Å²) >= 11 is 0. The van der Waals surface area contributed by atoms with Crippen molar-refractivity contribution in [1.29, 1.82) is 0 Å². The van der Waals surface area contributed by atoms with Crippen LogP contribution in [0.5, 0.6) is 5.75 Å². The molecule has 2 aromatic carbocycles. The van der Waals surface area contributed by atoms with Crippen molar-refractivity contribution in [3.63, 3.8) is 0 Å². The SMILES string of the molecule is CCCc1cc(NC(N)=N/C=C(/C)C(Nc2ccccc2S(=O)(=O)C(C)C)=C(C)C)c(OC)cc1CNC(=O)CO. The van der Waals surface area contributed by atoms with Crippen LogP contribution in [0.3, 0.4) is 0 Å². The number of hydrogen-bond donors (Lipinski definition) is 5. The number of aliphatic hydroxyl groups excluding tert-OH is 1. The number of aliphatic hydroxyl groups is 1. The molecule has 0 aromatic heterocycles. The van der Waals surface area contributed by atoms with Gasteiger partial charge in [0.05, 0.1) is 28.6 Å². The fraction of sp³-hybridized carbons (Fsp3) is 0.400. The number of nitrogens with zero attached hydrogens (tertiary/aromatic N) is 1. The van der Waals surface area contributed by atoms with Crippen LogP contribution in [-0.2, 0) is 27.6 Å². The number of methoxy groups -OCH3 is 1. The lowest BCUT2D eigenvalue weighted by Crippen LogP contribution is -2.26. The van der Waals surface area contributed by atoms with Gasteiger partial charge in [-0.05, 0) is 82.0 Å². The average molecular weight is 586 g/mol. The zero-order valence-corrected chi connectivity index (χ0v) is 25.8. The van der Waals surface area contributed by atoms with Gasteiger partial charge in [-0.15, -0.1) is 0 Å². The lowest BCUT2D eigenvalue weighted by Gasteiger charge is -2.18. The molecular formula is C30H43N5O5S. The number of carbonyl (C=O) groups excluding carboxylic acids is 1. The number of nitrogens with one attached hydrogen (secondary N) is 3. The highest BCUT2D eigenvalue weighted by Gasteiger charge is 2.23. The van der Waals surface area contributed by atoms with E-state index in [2.05, 4.69) is 27.9 Å². The molecule has 0 fully saturated rings. The number of aryl methyl sites for hydroxylation is 1. The van der Waals surface area contributed by atoms with Crippen molar-refractivity contribution in [2.45, 2.75) is 71.1 Å². The fourth-order valence-corrected chi connectivity index (χ4v) is 5.28. The van der Waals surface area contributed by atoms with Crippen LogP contribution in [0.2, 0.25) is 0 Å². The summed E-state index contributed by atoms with van der Waals surface area (Å²) in [6.07, 6.45) is 3.26. The van der Waals surface area contributed by atoms with Gasteiger partial charge in [0.25, 0.3) is 0 Å². The standard InChI is InChI=1S/C30H43N5O5S/c1-8-11-22-14-25(26(40-7)15-23(22)17-32-28(37)18-36)35-30(31)33-16-21(6)29(19(2)3)34-24-12-9-10-13-27(24)41(38,39)20(4)5/h9-10,12-16,20,34,36H,8,11,17-18H2,1-7H3,(H,32,37)(H3,31,33,35)/b21-16-. The largest absolute Gasteiger partial charge is 0.495 e. The van der Waals surface area contributed by atoms with E-state index in [0.717, 1.165) is 40.8 Å². The number of nitrogens with two attached hydrogens (primary N) is 1. The van der Waals surface area contributed by atoms with Crippen molar-refractivity contribution >= 4 is 33.1 Å². The van der Waals surface area contributed by atoms with E-state index in [9.17, 15) is 13.2 Å². The van der Waals surface area contributed by atoms with Crippen LogP contribution in [0.1, 0.15) is 59.1 Å². The average Bonchev–Trinajstić information content (AvgIpc) is 2.93. The van der Waals surface area contributed by atoms with Gasteiger partial charge in [0.2, 0.25) is 5.91 Å². The van der Waals surface area contributed by atoms with Crippen LogP contribution < -0.4 is 26.4 Å². The first kappa shape index (κ1) is 33.4. The van der Waals surface area contributed by atoms with Crippen LogP contribution in [0.15, 0.2) is 69.3 Å². The zero-order chi connectivity index (χ0) is 30.7. The van der Waals surface area contributed by atoms with Crippen LogP contribution in [0, 0.1) is 0 Å². The van der Waals surface area contributed by atoms with E-state index in [1.165, 1.54) is 7.11 Å². The Morgan fingerprint density at radius 1 is 1.10 bits per heavy atom. The number of sulfone groups is 1. The Labute approximate surface area is 243 Å². The molecule has 0 unspecified atom stereocenters. The summed E-state index contributed by atoms with van der Waals surface area (Å²) in [5, 5.41) is 17.5. The third-order valence-electron chi connectivity index (χ3n) is 6.29. The van der Waals surface area contributed by atoms with Crippen molar-refractivity contribution in [2.24, 2.45) is 10.7 Å². The van der Waals surface area contributed by atoms with Gasteiger partial charge in [-0.2, -0.15) is 0 Å². The van der Waals surface area contributed by atoms with Gasteiger partial charge < -0.3 is 31.5 Å². The first-order valence-corrected chi connectivity index (χ1v) is 15.0. The number of hydrogen-bond acceptors (Lipinski definition) is 7. The van der Waals surface area contributed by atoms with Gasteiger partial charge in [-0.1, -0.05) is 31.1 Å². The summed E-state index contributed by atoms with van der Waals surface area (Å²) < 4.78 is 31.4. The number of amides is 1. The van der Waals surface area contributed by atoms with E-state index >= 15 is 0 Å². The first-order valence-electron chi connectivity index (χ1n) is 13.5. The van der Waals surface area contributed by atoms with E-state index in [4.69, 9.17) is 15.6 Å². The molecule has 0 atom stereocenters. The zero-order valence-electron chi connectivity index (χ0n) is 25.0. The molecule has 2 aromatic rings. The number of guanidine groups is 1. The Morgan fingerprint density at radius 3 is 2.37 bits per heavy atom. The molecule has 2 rings (SSSR count). The highest BCUT2D eigenvalue weighted by atomic mass is 32.2. The highest BCUT2D eigenvalue weighted by Crippen LogP contribution is 2.30. The lowest BCUT2D eigenvalue weighted by atomic mass is 10.0. The molecule has 0 saturated carbocycles. The van der Waals surface area contributed by atoms with Crippen molar-refractivity contribution in [3.05, 3.63) is 70.6 Å². The van der Waals surface area contributed by atoms with Gasteiger partial charge in [-0.3, -0.25) is 4.79 Å². The second kappa shape index (κ2) is 15.2.